The molecule has 5 heteroatoms. The van der Waals surface area contributed by atoms with Gasteiger partial charge >= 0.3 is 5.97 Å². The first-order valence-electron chi connectivity index (χ1n) is 9.09. The van der Waals surface area contributed by atoms with E-state index in [0.29, 0.717) is 25.3 Å². The van der Waals surface area contributed by atoms with Crippen LogP contribution in [0.1, 0.15) is 43.2 Å². The first-order valence-corrected chi connectivity index (χ1v) is 9.09. The predicted octanol–water partition coefficient (Wildman–Crippen LogP) is 3.51. The zero-order valence-corrected chi connectivity index (χ0v) is 14.8. The van der Waals surface area contributed by atoms with Gasteiger partial charge in [-0.25, -0.2) is 0 Å². The number of hydrogen-bond acceptors (Lipinski definition) is 2. The molecule has 1 saturated heterocycles. The summed E-state index contributed by atoms with van der Waals surface area (Å²) in [6, 6.07) is 6.23. The molecule has 2 N–H and O–H groups in total. The highest BCUT2D eigenvalue weighted by atomic mass is 16.4. The van der Waals surface area contributed by atoms with Gasteiger partial charge in [-0.05, 0) is 49.7 Å². The molecule has 2 heterocycles. The molecule has 3 rings (SSSR count). The van der Waals surface area contributed by atoms with Gasteiger partial charge in [-0.2, -0.15) is 0 Å². The molecule has 0 unspecified atom stereocenters. The van der Waals surface area contributed by atoms with Crippen LogP contribution in [-0.4, -0.2) is 40.0 Å². The Morgan fingerprint density at radius 3 is 2.96 bits per heavy atom. The lowest BCUT2D eigenvalue weighted by Crippen LogP contribution is -2.40. The molecule has 1 atom stereocenters. The predicted molar refractivity (Wildman–Crippen MR) is 97.5 cm³/mol. The molecule has 0 bridgehead atoms. The smallest absolute Gasteiger partial charge is 0.303 e. The van der Waals surface area contributed by atoms with Gasteiger partial charge < -0.3 is 15.0 Å². The maximum Gasteiger partial charge on any atom is 0.303 e. The molecule has 0 saturated carbocycles. The highest BCUT2D eigenvalue weighted by Gasteiger charge is 2.24. The average Bonchev–Trinajstić information content (AvgIpc) is 3.02. The summed E-state index contributed by atoms with van der Waals surface area (Å²) in [7, 11) is 0. The number of carbonyl (C=O) groups excluding carboxylic acids is 1. The zero-order valence-electron chi connectivity index (χ0n) is 14.8. The fourth-order valence-corrected chi connectivity index (χ4v) is 3.83. The fourth-order valence-electron chi connectivity index (χ4n) is 3.83. The molecule has 2 aromatic rings. The van der Waals surface area contributed by atoms with Crippen molar-refractivity contribution < 1.29 is 14.7 Å². The second-order valence-electron chi connectivity index (χ2n) is 7.09. The van der Waals surface area contributed by atoms with Gasteiger partial charge in [0.1, 0.15) is 0 Å². The molecule has 134 valence electrons. The number of nitrogens with one attached hydrogen (secondary N) is 1. The van der Waals surface area contributed by atoms with E-state index in [1.165, 1.54) is 16.5 Å². The van der Waals surface area contributed by atoms with Crippen molar-refractivity contribution in [1.82, 2.24) is 9.88 Å². The number of aromatic amines is 1. The minimum absolute atomic E-state index is 0.182. The Morgan fingerprint density at radius 1 is 1.32 bits per heavy atom. The Hall–Kier alpha value is -2.30. The van der Waals surface area contributed by atoms with Crippen LogP contribution in [0, 0.1) is 12.8 Å². The summed E-state index contributed by atoms with van der Waals surface area (Å²) >= 11 is 0. The third-order valence-corrected chi connectivity index (χ3v) is 5.26. The molecular formula is C20H26N2O3. The van der Waals surface area contributed by atoms with Crippen molar-refractivity contribution in [2.24, 2.45) is 5.92 Å². The molecule has 25 heavy (non-hydrogen) atoms. The number of carboxylic acids is 1. The van der Waals surface area contributed by atoms with E-state index in [1.807, 2.05) is 11.1 Å². The number of H-pyrrole nitrogens is 1. The number of likely N-dealkylation sites (tertiary alicyclic amines) is 1. The Balaban J connectivity index is 1.56. The van der Waals surface area contributed by atoms with Crippen molar-refractivity contribution in [3.8, 4) is 0 Å². The fraction of sp³-hybridized carbons (Fsp3) is 0.500. The van der Waals surface area contributed by atoms with E-state index >= 15 is 0 Å². The second kappa shape index (κ2) is 7.72. The second-order valence-corrected chi connectivity index (χ2v) is 7.09. The molecule has 0 aliphatic carbocycles. The van der Waals surface area contributed by atoms with Crippen LogP contribution in [0.5, 0.6) is 0 Å². The molecule has 1 aromatic heterocycles. The Morgan fingerprint density at radius 2 is 2.16 bits per heavy atom. The Kier molecular flexibility index (Phi) is 5.41. The summed E-state index contributed by atoms with van der Waals surface area (Å²) in [6.07, 6.45) is 6.12. The third-order valence-electron chi connectivity index (χ3n) is 5.26. The zero-order chi connectivity index (χ0) is 17.8. The van der Waals surface area contributed by atoms with Crippen molar-refractivity contribution in [2.45, 2.75) is 45.4 Å². The summed E-state index contributed by atoms with van der Waals surface area (Å²) in [5.74, 6) is -0.246. The van der Waals surface area contributed by atoms with E-state index in [0.717, 1.165) is 31.3 Å². The number of fused-ring (bicyclic) bond motifs is 1. The summed E-state index contributed by atoms with van der Waals surface area (Å²) in [5, 5.41) is 10.0. The standard InChI is InChI=1S/C20H26N2O3/c1-14-4-2-6-17-16(12-21-20(14)17)8-9-18(23)22-11-3-5-15(13-22)7-10-19(24)25/h2,4,6,12,15,21H,3,5,7-11,13H2,1H3,(H,24,25)/t15-/m1/s1. The number of aromatic nitrogens is 1. The van der Waals surface area contributed by atoms with Crippen LogP contribution in [0.4, 0.5) is 0 Å². The number of para-hydroxylation sites is 1. The summed E-state index contributed by atoms with van der Waals surface area (Å²) in [4.78, 5) is 28.6. The summed E-state index contributed by atoms with van der Waals surface area (Å²) < 4.78 is 0. The van der Waals surface area contributed by atoms with Crippen LogP contribution in [-0.2, 0) is 16.0 Å². The van der Waals surface area contributed by atoms with Gasteiger partial charge in [-0.3, -0.25) is 9.59 Å². The Bertz CT molecular complexity index is 765. The molecular weight excluding hydrogens is 316 g/mol. The number of carboxylic acid groups (broad SMARTS) is 1. The highest BCUT2D eigenvalue weighted by molar-refractivity contribution is 5.86. The first-order chi connectivity index (χ1) is 12.0. The first kappa shape index (κ1) is 17.5. The maximum absolute atomic E-state index is 12.6. The summed E-state index contributed by atoms with van der Waals surface area (Å²) in [5.41, 5.74) is 3.55. The lowest BCUT2D eigenvalue weighted by atomic mass is 9.93. The lowest BCUT2D eigenvalue weighted by Gasteiger charge is -2.32. The Labute approximate surface area is 148 Å². The summed E-state index contributed by atoms with van der Waals surface area (Å²) in [6.45, 7) is 3.59. The number of carbonyl (C=O) groups is 2. The lowest BCUT2D eigenvalue weighted by molar-refractivity contribution is -0.137. The van der Waals surface area contributed by atoms with E-state index in [1.54, 1.807) is 0 Å². The quantitative estimate of drug-likeness (QED) is 0.843. The molecule has 1 aliphatic rings. The van der Waals surface area contributed by atoms with Crippen LogP contribution in [0.2, 0.25) is 0 Å². The van der Waals surface area contributed by atoms with Crippen molar-refractivity contribution >= 4 is 22.8 Å². The molecule has 0 radical (unpaired) electrons. The van der Waals surface area contributed by atoms with Crippen molar-refractivity contribution in [3.63, 3.8) is 0 Å². The van der Waals surface area contributed by atoms with E-state index in [4.69, 9.17) is 5.11 Å². The van der Waals surface area contributed by atoms with Gasteiger partial charge in [0.2, 0.25) is 5.91 Å². The molecule has 1 aromatic carbocycles. The number of aliphatic carboxylic acids is 1. The number of aryl methyl sites for hydroxylation is 2. The number of hydrogen-bond donors (Lipinski definition) is 2. The number of nitrogens with zero attached hydrogens (tertiary/aromatic N) is 1. The molecule has 5 nitrogen and oxygen atoms in total. The number of rotatable bonds is 6. The van der Waals surface area contributed by atoms with Gasteiger partial charge in [0.15, 0.2) is 0 Å². The normalized spacial score (nSPS) is 17.8. The van der Waals surface area contributed by atoms with Gasteiger partial charge in [-0.1, -0.05) is 18.2 Å². The van der Waals surface area contributed by atoms with Crippen LogP contribution < -0.4 is 0 Å². The van der Waals surface area contributed by atoms with E-state index in [-0.39, 0.29) is 12.3 Å². The van der Waals surface area contributed by atoms with E-state index in [2.05, 4.69) is 30.1 Å². The third kappa shape index (κ3) is 4.21. The maximum atomic E-state index is 12.6. The topological polar surface area (TPSA) is 73.4 Å². The number of benzene rings is 1. The van der Waals surface area contributed by atoms with Crippen LogP contribution in [0.25, 0.3) is 10.9 Å². The molecule has 0 spiro atoms. The van der Waals surface area contributed by atoms with Gasteiger partial charge in [0.05, 0.1) is 0 Å². The average molecular weight is 342 g/mol. The molecule has 1 aliphatic heterocycles. The van der Waals surface area contributed by atoms with Crippen molar-refractivity contribution in [1.29, 1.82) is 0 Å². The monoisotopic (exact) mass is 342 g/mol. The van der Waals surface area contributed by atoms with Gasteiger partial charge in [0, 0.05) is 43.0 Å². The highest BCUT2D eigenvalue weighted by Crippen LogP contribution is 2.24. The number of piperidine rings is 1. The minimum Gasteiger partial charge on any atom is -0.481 e. The van der Waals surface area contributed by atoms with Gasteiger partial charge in [-0.15, -0.1) is 0 Å². The van der Waals surface area contributed by atoms with Crippen molar-refractivity contribution in [2.75, 3.05) is 13.1 Å². The minimum atomic E-state index is -0.752. The van der Waals surface area contributed by atoms with Crippen LogP contribution in [0.15, 0.2) is 24.4 Å². The molecule has 1 fully saturated rings. The largest absolute Gasteiger partial charge is 0.481 e. The van der Waals surface area contributed by atoms with Gasteiger partial charge in [0.25, 0.3) is 0 Å². The van der Waals surface area contributed by atoms with Crippen molar-refractivity contribution in [3.05, 3.63) is 35.5 Å². The van der Waals surface area contributed by atoms with E-state index in [9.17, 15) is 9.59 Å². The molecule has 1 amide bonds. The number of amides is 1. The SMILES string of the molecule is Cc1cccc2c(CCC(=O)N3CCC[C@H](CCC(=O)O)C3)c[nH]c12. The van der Waals surface area contributed by atoms with Crippen LogP contribution >= 0.6 is 0 Å². The van der Waals surface area contributed by atoms with Crippen LogP contribution in [0.3, 0.4) is 0 Å². The van der Waals surface area contributed by atoms with E-state index < -0.39 is 5.97 Å².